The van der Waals surface area contributed by atoms with Crippen LogP contribution in [-0.4, -0.2) is 24.6 Å². The van der Waals surface area contributed by atoms with E-state index in [2.05, 4.69) is 14.7 Å². The minimum Gasteiger partial charge on any atom is -0.383 e. The SMILES string of the molecule is CCCCc1c(N)nc(N)nc1NS(C)(=O)=O. The number of aromatic nitrogens is 2. The molecule has 1 aromatic heterocycles. The summed E-state index contributed by atoms with van der Waals surface area (Å²) in [6.45, 7) is 2.03. The van der Waals surface area contributed by atoms with Crippen LogP contribution in [0.15, 0.2) is 0 Å². The molecular formula is C9H17N5O2S. The Morgan fingerprint density at radius 3 is 2.47 bits per heavy atom. The van der Waals surface area contributed by atoms with E-state index in [1.165, 1.54) is 0 Å². The maximum absolute atomic E-state index is 11.2. The third kappa shape index (κ3) is 4.06. The van der Waals surface area contributed by atoms with Gasteiger partial charge in [0.25, 0.3) is 0 Å². The number of nitrogens with zero attached hydrogens (tertiary/aromatic N) is 2. The molecule has 0 spiro atoms. The van der Waals surface area contributed by atoms with E-state index < -0.39 is 10.0 Å². The summed E-state index contributed by atoms with van der Waals surface area (Å²) >= 11 is 0. The fourth-order valence-corrected chi connectivity index (χ4v) is 1.90. The molecule has 5 N–H and O–H groups in total. The van der Waals surface area contributed by atoms with Crippen molar-refractivity contribution in [2.75, 3.05) is 22.4 Å². The molecule has 0 bridgehead atoms. The van der Waals surface area contributed by atoms with Crippen LogP contribution in [0.2, 0.25) is 0 Å². The van der Waals surface area contributed by atoms with E-state index >= 15 is 0 Å². The summed E-state index contributed by atoms with van der Waals surface area (Å²) in [4.78, 5) is 7.70. The van der Waals surface area contributed by atoms with Crippen LogP contribution in [0, 0.1) is 0 Å². The molecule has 17 heavy (non-hydrogen) atoms. The first-order valence-electron chi connectivity index (χ1n) is 5.23. The Morgan fingerprint density at radius 1 is 1.29 bits per heavy atom. The summed E-state index contributed by atoms with van der Waals surface area (Å²) in [6, 6.07) is 0. The lowest BCUT2D eigenvalue weighted by Gasteiger charge is -2.11. The molecular weight excluding hydrogens is 242 g/mol. The number of hydrogen-bond acceptors (Lipinski definition) is 6. The predicted molar refractivity (Wildman–Crippen MR) is 67.9 cm³/mol. The van der Waals surface area contributed by atoms with Crippen molar-refractivity contribution < 1.29 is 8.42 Å². The van der Waals surface area contributed by atoms with E-state index in [1.54, 1.807) is 0 Å². The van der Waals surface area contributed by atoms with Gasteiger partial charge in [-0.05, 0) is 12.8 Å². The standard InChI is InChI=1S/C9H17N5O2S/c1-3-4-5-6-7(10)12-9(11)13-8(6)14-17(2,15)16/h3-5H2,1-2H3,(H5,10,11,12,13,14). The van der Waals surface area contributed by atoms with Gasteiger partial charge >= 0.3 is 0 Å². The van der Waals surface area contributed by atoms with Crippen molar-refractivity contribution >= 4 is 27.6 Å². The average molecular weight is 259 g/mol. The van der Waals surface area contributed by atoms with Crippen LogP contribution < -0.4 is 16.2 Å². The second-order valence-corrected chi connectivity index (χ2v) is 5.52. The van der Waals surface area contributed by atoms with Crippen molar-refractivity contribution in [3.63, 3.8) is 0 Å². The minimum absolute atomic E-state index is 0.0473. The van der Waals surface area contributed by atoms with E-state index in [0.717, 1.165) is 19.1 Å². The first kappa shape index (κ1) is 13.5. The Morgan fingerprint density at radius 2 is 1.94 bits per heavy atom. The zero-order chi connectivity index (χ0) is 13.1. The van der Waals surface area contributed by atoms with Crippen LogP contribution >= 0.6 is 0 Å². The lowest BCUT2D eigenvalue weighted by Crippen LogP contribution is -2.16. The first-order chi connectivity index (χ1) is 7.83. The number of sulfonamides is 1. The zero-order valence-corrected chi connectivity index (χ0v) is 10.7. The molecule has 0 saturated carbocycles. The Kier molecular flexibility index (Phi) is 4.11. The third-order valence-corrected chi connectivity index (χ3v) is 2.68. The summed E-state index contributed by atoms with van der Waals surface area (Å²) in [7, 11) is -3.41. The van der Waals surface area contributed by atoms with Crippen molar-refractivity contribution in [1.29, 1.82) is 0 Å². The van der Waals surface area contributed by atoms with Crippen molar-refractivity contribution in [2.45, 2.75) is 26.2 Å². The minimum atomic E-state index is -3.41. The highest BCUT2D eigenvalue weighted by Gasteiger charge is 2.14. The van der Waals surface area contributed by atoms with Gasteiger partial charge in [-0.2, -0.15) is 9.97 Å². The topological polar surface area (TPSA) is 124 Å². The molecule has 96 valence electrons. The normalized spacial score (nSPS) is 11.4. The highest BCUT2D eigenvalue weighted by atomic mass is 32.2. The van der Waals surface area contributed by atoms with Crippen LogP contribution in [0.25, 0.3) is 0 Å². The van der Waals surface area contributed by atoms with E-state index in [9.17, 15) is 8.42 Å². The van der Waals surface area contributed by atoms with Crippen LogP contribution in [0.1, 0.15) is 25.3 Å². The molecule has 1 aromatic rings. The fraction of sp³-hybridized carbons (Fsp3) is 0.556. The van der Waals surface area contributed by atoms with Gasteiger partial charge in [0.2, 0.25) is 16.0 Å². The lowest BCUT2D eigenvalue weighted by atomic mass is 10.1. The van der Waals surface area contributed by atoms with Gasteiger partial charge in [-0.15, -0.1) is 0 Å². The van der Waals surface area contributed by atoms with Gasteiger partial charge in [-0.3, -0.25) is 4.72 Å². The van der Waals surface area contributed by atoms with Gasteiger partial charge in [-0.1, -0.05) is 13.3 Å². The summed E-state index contributed by atoms with van der Waals surface area (Å²) in [6.07, 6.45) is 3.49. The van der Waals surface area contributed by atoms with Crippen molar-refractivity contribution in [1.82, 2.24) is 9.97 Å². The molecule has 0 atom stereocenters. The molecule has 0 aliphatic carbocycles. The number of anilines is 3. The van der Waals surface area contributed by atoms with Crippen molar-refractivity contribution in [3.05, 3.63) is 5.56 Å². The van der Waals surface area contributed by atoms with Crippen molar-refractivity contribution in [2.24, 2.45) is 0 Å². The molecule has 1 rings (SSSR count). The van der Waals surface area contributed by atoms with Crippen LogP contribution in [0.3, 0.4) is 0 Å². The number of nitrogen functional groups attached to an aromatic ring is 2. The molecule has 0 aromatic carbocycles. The van der Waals surface area contributed by atoms with E-state index in [0.29, 0.717) is 12.0 Å². The molecule has 0 aliphatic rings. The second kappa shape index (κ2) is 5.17. The molecule has 0 amide bonds. The van der Waals surface area contributed by atoms with Gasteiger partial charge < -0.3 is 11.5 Å². The van der Waals surface area contributed by atoms with E-state index in [1.807, 2.05) is 6.92 Å². The van der Waals surface area contributed by atoms with Crippen LogP contribution in [-0.2, 0) is 16.4 Å². The molecule has 0 aliphatic heterocycles. The van der Waals surface area contributed by atoms with Gasteiger partial charge in [0.05, 0.1) is 6.26 Å². The maximum Gasteiger partial charge on any atom is 0.230 e. The molecule has 0 radical (unpaired) electrons. The van der Waals surface area contributed by atoms with E-state index in [-0.39, 0.29) is 17.6 Å². The number of rotatable bonds is 5. The zero-order valence-electron chi connectivity index (χ0n) is 9.90. The first-order valence-corrected chi connectivity index (χ1v) is 7.12. The average Bonchev–Trinajstić information content (AvgIpc) is 2.13. The van der Waals surface area contributed by atoms with E-state index in [4.69, 9.17) is 11.5 Å². The van der Waals surface area contributed by atoms with Gasteiger partial charge in [0.15, 0.2) is 0 Å². The van der Waals surface area contributed by atoms with Crippen LogP contribution in [0.5, 0.6) is 0 Å². The van der Waals surface area contributed by atoms with Gasteiger partial charge in [-0.25, -0.2) is 8.42 Å². The molecule has 0 fully saturated rings. The summed E-state index contributed by atoms with van der Waals surface area (Å²) in [5.41, 5.74) is 11.7. The Bertz CT molecular complexity index is 500. The highest BCUT2D eigenvalue weighted by Crippen LogP contribution is 2.22. The third-order valence-electron chi connectivity index (χ3n) is 2.12. The number of nitrogens with one attached hydrogen (secondary N) is 1. The second-order valence-electron chi connectivity index (χ2n) is 3.77. The molecule has 0 unspecified atom stereocenters. The predicted octanol–water partition coefficient (Wildman–Crippen LogP) is 0.355. The Labute approximate surface area is 101 Å². The Balaban J connectivity index is 3.15. The number of hydrogen-bond donors (Lipinski definition) is 3. The molecule has 1 heterocycles. The molecule has 0 saturated heterocycles. The Hall–Kier alpha value is -1.57. The smallest absolute Gasteiger partial charge is 0.230 e. The summed E-state index contributed by atoms with van der Waals surface area (Å²) in [5.74, 6) is 0.344. The molecule has 7 nitrogen and oxygen atoms in total. The summed E-state index contributed by atoms with van der Waals surface area (Å²) in [5, 5.41) is 0. The highest BCUT2D eigenvalue weighted by molar-refractivity contribution is 7.92. The number of unbranched alkanes of at least 4 members (excludes halogenated alkanes) is 1. The monoisotopic (exact) mass is 259 g/mol. The fourth-order valence-electron chi connectivity index (χ4n) is 1.38. The quantitative estimate of drug-likeness (QED) is 0.701. The maximum atomic E-state index is 11.2. The summed E-state index contributed by atoms with van der Waals surface area (Å²) < 4.78 is 24.7. The largest absolute Gasteiger partial charge is 0.383 e. The van der Waals surface area contributed by atoms with Crippen LogP contribution in [0.4, 0.5) is 17.6 Å². The van der Waals surface area contributed by atoms with Gasteiger partial charge in [0, 0.05) is 5.56 Å². The van der Waals surface area contributed by atoms with Gasteiger partial charge in [0.1, 0.15) is 11.6 Å². The number of nitrogens with two attached hydrogens (primary N) is 2. The van der Waals surface area contributed by atoms with Crippen molar-refractivity contribution in [3.8, 4) is 0 Å². The lowest BCUT2D eigenvalue weighted by molar-refractivity contribution is 0.606. The molecule has 8 heteroatoms.